The van der Waals surface area contributed by atoms with Crippen molar-refractivity contribution in [1.29, 1.82) is 0 Å². The van der Waals surface area contributed by atoms with Gasteiger partial charge in [-0.2, -0.15) is 0 Å². The lowest BCUT2D eigenvalue weighted by molar-refractivity contribution is 0.0691. The van der Waals surface area contributed by atoms with Crippen LogP contribution < -0.4 is 16.6 Å². The topological polar surface area (TPSA) is 94.3 Å². The number of unbranched alkanes of at least 4 members (excludes halogenated alkanes) is 1. The van der Waals surface area contributed by atoms with Gasteiger partial charge in [0.1, 0.15) is 18.0 Å². The van der Waals surface area contributed by atoms with E-state index >= 15 is 0 Å². The van der Waals surface area contributed by atoms with Crippen molar-refractivity contribution in [2.75, 3.05) is 44.2 Å². The molecule has 0 aliphatic rings. The van der Waals surface area contributed by atoms with Crippen molar-refractivity contribution in [1.82, 2.24) is 9.97 Å². The number of nitrogens with two attached hydrogens (primary N) is 1. The van der Waals surface area contributed by atoms with Gasteiger partial charge in [-0.1, -0.05) is 13.3 Å². The summed E-state index contributed by atoms with van der Waals surface area (Å²) in [7, 11) is 1.67. The van der Waals surface area contributed by atoms with Crippen molar-refractivity contribution in [2.45, 2.75) is 32.6 Å². The number of aromatic nitrogens is 2. The van der Waals surface area contributed by atoms with Crippen molar-refractivity contribution in [3.8, 4) is 0 Å². The molecule has 0 spiro atoms. The van der Waals surface area contributed by atoms with Gasteiger partial charge in [-0.25, -0.2) is 15.8 Å². The van der Waals surface area contributed by atoms with Crippen molar-refractivity contribution >= 4 is 11.6 Å². The zero-order valence-corrected chi connectivity index (χ0v) is 13.0. The molecule has 0 atom stereocenters. The summed E-state index contributed by atoms with van der Waals surface area (Å²) in [6.45, 7) is 5.03. The third-order valence-electron chi connectivity index (χ3n) is 3.02. The van der Waals surface area contributed by atoms with Gasteiger partial charge in [0, 0.05) is 25.8 Å². The van der Waals surface area contributed by atoms with Gasteiger partial charge in [-0.3, -0.25) is 0 Å². The molecule has 1 aromatic heterocycles. The van der Waals surface area contributed by atoms with E-state index in [-0.39, 0.29) is 0 Å². The first-order valence-corrected chi connectivity index (χ1v) is 7.44. The summed E-state index contributed by atoms with van der Waals surface area (Å²) in [6, 6.07) is 0. The standard InChI is InChI=1S/C14H27N5O2/c1-3-6-12-13(17-11-18-14(12)19-15)16-7-4-5-8-21-10-9-20-2/h11H,3-10,15H2,1-2H3,(H2,16,17,18,19). The molecule has 0 amide bonds. The molecule has 120 valence electrons. The summed E-state index contributed by atoms with van der Waals surface area (Å²) in [5.74, 6) is 7.04. The van der Waals surface area contributed by atoms with Gasteiger partial charge in [-0.05, 0) is 19.3 Å². The molecule has 21 heavy (non-hydrogen) atoms. The predicted molar refractivity (Wildman–Crippen MR) is 84.3 cm³/mol. The number of hydrogen-bond acceptors (Lipinski definition) is 7. The predicted octanol–water partition coefficient (Wildman–Crippen LogP) is 1.57. The normalized spacial score (nSPS) is 10.6. The molecule has 1 heterocycles. The molecule has 1 rings (SSSR count). The quantitative estimate of drug-likeness (QED) is 0.306. The molecule has 7 heteroatoms. The van der Waals surface area contributed by atoms with Crippen molar-refractivity contribution < 1.29 is 9.47 Å². The second-order valence-electron chi connectivity index (χ2n) is 4.68. The number of nitrogens with zero attached hydrogens (tertiary/aromatic N) is 2. The number of anilines is 2. The Hall–Kier alpha value is -1.44. The van der Waals surface area contributed by atoms with Crippen LogP contribution in [0.15, 0.2) is 6.33 Å². The smallest absolute Gasteiger partial charge is 0.148 e. The average molecular weight is 297 g/mol. The van der Waals surface area contributed by atoms with Crippen LogP contribution in [0.5, 0.6) is 0 Å². The zero-order chi connectivity index (χ0) is 15.3. The first kappa shape index (κ1) is 17.6. The Labute approximate surface area is 126 Å². The molecule has 0 bridgehead atoms. The van der Waals surface area contributed by atoms with Crippen LogP contribution in [0.2, 0.25) is 0 Å². The summed E-state index contributed by atoms with van der Waals surface area (Å²) in [6.07, 6.45) is 5.46. The van der Waals surface area contributed by atoms with E-state index in [0.29, 0.717) is 19.0 Å². The molecular weight excluding hydrogens is 270 g/mol. The van der Waals surface area contributed by atoms with Crippen LogP contribution in [0, 0.1) is 0 Å². The van der Waals surface area contributed by atoms with Gasteiger partial charge in [0.05, 0.1) is 13.2 Å². The van der Waals surface area contributed by atoms with Gasteiger partial charge < -0.3 is 20.2 Å². The number of hydrogen-bond donors (Lipinski definition) is 3. The van der Waals surface area contributed by atoms with Crippen LogP contribution >= 0.6 is 0 Å². The summed E-state index contributed by atoms with van der Waals surface area (Å²) in [5, 5.41) is 3.35. The number of ether oxygens (including phenoxy) is 2. The van der Waals surface area contributed by atoms with E-state index in [1.807, 2.05) is 0 Å². The lowest BCUT2D eigenvalue weighted by atomic mass is 10.1. The lowest BCUT2D eigenvalue weighted by Crippen LogP contribution is -2.15. The number of nitrogens with one attached hydrogen (secondary N) is 2. The van der Waals surface area contributed by atoms with Gasteiger partial charge in [0.25, 0.3) is 0 Å². The molecule has 7 nitrogen and oxygen atoms in total. The summed E-state index contributed by atoms with van der Waals surface area (Å²) in [5.41, 5.74) is 3.67. The Kier molecular flexibility index (Phi) is 9.43. The van der Waals surface area contributed by atoms with Crippen LogP contribution in [0.4, 0.5) is 11.6 Å². The fourth-order valence-corrected chi connectivity index (χ4v) is 1.96. The monoisotopic (exact) mass is 297 g/mol. The molecular formula is C14H27N5O2. The van der Waals surface area contributed by atoms with E-state index in [1.165, 1.54) is 6.33 Å². The van der Waals surface area contributed by atoms with E-state index in [0.717, 1.165) is 50.2 Å². The van der Waals surface area contributed by atoms with Crippen LogP contribution in [0.3, 0.4) is 0 Å². The zero-order valence-electron chi connectivity index (χ0n) is 13.0. The molecule has 0 saturated heterocycles. The Morgan fingerprint density at radius 2 is 1.95 bits per heavy atom. The molecule has 1 aromatic rings. The van der Waals surface area contributed by atoms with Crippen LogP contribution in [0.25, 0.3) is 0 Å². The van der Waals surface area contributed by atoms with E-state index in [2.05, 4.69) is 27.6 Å². The maximum Gasteiger partial charge on any atom is 0.148 e. The average Bonchev–Trinajstić information content (AvgIpc) is 2.51. The number of rotatable bonds is 12. The van der Waals surface area contributed by atoms with Crippen molar-refractivity contribution in [2.24, 2.45) is 5.84 Å². The van der Waals surface area contributed by atoms with Crippen LogP contribution in [-0.2, 0) is 15.9 Å². The first-order valence-electron chi connectivity index (χ1n) is 7.44. The molecule has 0 aromatic carbocycles. The number of methoxy groups -OCH3 is 1. The second-order valence-corrected chi connectivity index (χ2v) is 4.68. The highest BCUT2D eigenvalue weighted by Crippen LogP contribution is 2.20. The first-order chi connectivity index (χ1) is 10.3. The summed E-state index contributed by atoms with van der Waals surface area (Å²) >= 11 is 0. The molecule has 0 aliphatic carbocycles. The lowest BCUT2D eigenvalue weighted by Gasteiger charge is -2.13. The Morgan fingerprint density at radius 1 is 1.14 bits per heavy atom. The van der Waals surface area contributed by atoms with E-state index in [1.54, 1.807) is 7.11 Å². The summed E-state index contributed by atoms with van der Waals surface area (Å²) < 4.78 is 10.3. The minimum absolute atomic E-state index is 0.647. The third kappa shape index (κ3) is 6.70. The van der Waals surface area contributed by atoms with E-state index in [9.17, 15) is 0 Å². The fraction of sp³-hybridized carbons (Fsp3) is 0.714. The maximum absolute atomic E-state index is 5.49. The van der Waals surface area contributed by atoms with Crippen molar-refractivity contribution in [3.63, 3.8) is 0 Å². The Morgan fingerprint density at radius 3 is 2.67 bits per heavy atom. The van der Waals surface area contributed by atoms with Gasteiger partial charge >= 0.3 is 0 Å². The molecule has 4 N–H and O–H groups in total. The highest BCUT2D eigenvalue weighted by atomic mass is 16.5. The Bertz CT molecular complexity index is 390. The van der Waals surface area contributed by atoms with Gasteiger partial charge in [0.15, 0.2) is 0 Å². The van der Waals surface area contributed by atoms with Gasteiger partial charge in [0.2, 0.25) is 0 Å². The highest BCUT2D eigenvalue weighted by molar-refractivity contribution is 5.56. The molecule has 0 saturated carbocycles. The molecule has 0 fully saturated rings. The second kappa shape index (κ2) is 11.2. The van der Waals surface area contributed by atoms with Crippen LogP contribution in [-0.4, -0.2) is 43.4 Å². The van der Waals surface area contributed by atoms with E-state index < -0.39 is 0 Å². The molecule has 0 aliphatic heterocycles. The largest absolute Gasteiger partial charge is 0.382 e. The van der Waals surface area contributed by atoms with Gasteiger partial charge in [-0.15, -0.1) is 0 Å². The molecule has 0 unspecified atom stereocenters. The highest BCUT2D eigenvalue weighted by Gasteiger charge is 2.09. The number of nitrogen functional groups attached to an aromatic ring is 1. The van der Waals surface area contributed by atoms with Crippen LogP contribution in [0.1, 0.15) is 31.7 Å². The minimum Gasteiger partial charge on any atom is -0.382 e. The van der Waals surface area contributed by atoms with Crippen molar-refractivity contribution in [3.05, 3.63) is 11.9 Å². The SMILES string of the molecule is CCCc1c(NN)ncnc1NCCCCOCCOC. The summed E-state index contributed by atoms with van der Waals surface area (Å²) in [4.78, 5) is 8.44. The molecule has 0 radical (unpaired) electrons. The maximum atomic E-state index is 5.49. The number of hydrazine groups is 1. The minimum atomic E-state index is 0.647. The third-order valence-corrected chi connectivity index (χ3v) is 3.02. The fourth-order valence-electron chi connectivity index (χ4n) is 1.96. The van der Waals surface area contributed by atoms with E-state index in [4.69, 9.17) is 15.3 Å². The Balaban J connectivity index is 2.31.